The lowest BCUT2D eigenvalue weighted by molar-refractivity contribution is -0.127. The van der Waals surface area contributed by atoms with E-state index in [0.717, 1.165) is 0 Å². The van der Waals surface area contributed by atoms with E-state index in [0.29, 0.717) is 0 Å². The first-order chi connectivity index (χ1) is 22.8. The topological polar surface area (TPSA) is 204 Å². The van der Waals surface area contributed by atoms with E-state index in [2.05, 4.69) is 5.32 Å². The summed E-state index contributed by atoms with van der Waals surface area (Å²) in [6, 6.07) is 9.64. The highest BCUT2D eigenvalue weighted by Gasteiger charge is 2.61. The van der Waals surface area contributed by atoms with Crippen LogP contribution in [-0.2, 0) is 14.4 Å². The zero-order valence-corrected chi connectivity index (χ0v) is 27.1. The molecule has 5 rings (SSSR count). The van der Waals surface area contributed by atoms with Gasteiger partial charge in [0.1, 0.15) is 33.9 Å². The Kier molecular flexibility index (Phi) is 9.18. The van der Waals surface area contributed by atoms with Crippen molar-refractivity contribution in [3.63, 3.8) is 0 Å². The molecule has 48 heavy (non-hydrogen) atoms. The quantitative estimate of drug-likeness (QED) is 0.207. The number of aliphatic hydroxyl groups is 1. The van der Waals surface area contributed by atoms with E-state index in [1.165, 1.54) is 69.9 Å². The molecule has 2 aliphatic rings. The minimum atomic E-state index is -2.13. The summed E-state index contributed by atoms with van der Waals surface area (Å²) >= 11 is 6.56. The van der Waals surface area contributed by atoms with Crippen LogP contribution in [0.3, 0.4) is 0 Å². The summed E-state index contributed by atoms with van der Waals surface area (Å²) in [5, 5.41) is 34.5. The van der Waals surface area contributed by atoms with Gasteiger partial charge in [-0.05, 0) is 35.4 Å². The van der Waals surface area contributed by atoms with Crippen molar-refractivity contribution in [2.75, 3.05) is 21.3 Å². The van der Waals surface area contributed by atoms with Crippen molar-refractivity contribution in [2.45, 2.75) is 37.3 Å². The van der Waals surface area contributed by atoms with Gasteiger partial charge in [-0.15, -0.1) is 0 Å². The number of nitrogens with two attached hydrogens (primary N) is 1. The molecule has 1 heterocycles. The number of primary amides is 1. The van der Waals surface area contributed by atoms with E-state index in [9.17, 15) is 34.5 Å². The predicted octanol–water partition coefficient (Wildman–Crippen LogP) is 4.03. The Morgan fingerprint density at radius 1 is 0.979 bits per heavy atom. The molecule has 1 aliphatic heterocycles. The summed E-state index contributed by atoms with van der Waals surface area (Å²) in [6.45, 7) is 1.56. The van der Waals surface area contributed by atoms with Crippen LogP contribution >= 0.6 is 11.6 Å². The molecule has 0 fully saturated rings. The van der Waals surface area contributed by atoms with E-state index in [1.54, 1.807) is 6.92 Å². The van der Waals surface area contributed by atoms with Crippen LogP contribution in [0.5, 0.6) is 34.5 Å². The molecule has 0 bridgehead atoms. The number of rotatable bonds is 10. The van der Waals surface area contributed by atoms with Gasteiger partial charge in [0, 0.05) is 36.3 Å². The largest absolute Gasteiger partial charge is 0.508 e. The number of allylic oxidation sites excluding steroid dienone is 1. The molecule has 1 spiro atoms. The number of benzene rings is 3. The zero-order valence-electron chi connectivity index (χ0n) is 26.3. The summed E-state index contributed by atoms with van der Waals surface area (Å²) in [7, 11) is 4.01. The zero-order chi connectivity index (χ0) is 35.1. The van der Waals surface area contributed by atoms with E-state index in [1.807, 2.05) is 0 Å². The van der Waals surface area contributed by atoms with Crippen molar-refractivity contribution in [3.8, 4) is 34.5 Å². The first-order valence-electron chi connectivity index (χ1n) is 14.7. The average Bonchev–Trinajstić information content (AvgIpc) is 3.37. The van der Waals surface area contributed by atoms with Gasteiger partial charge in [0.2, 0.25) is 23.2 Å². The van der Waals surface area contributed by atoms with Gasteiger partial charge in [0.25, 0.3) is 0 Å². The third kappa shape index (κ3) is 5.59. The van der Waals surface area contributed by atoms with Crippen LogP contribution in [-0.4, -0.2) is 65.6 Å². The van der Waals surface area contributed by atoms with Crippen LogP contribution in [0.25, 0.3) is 0 Å². The highest BCUT2D eigenvalue weighted by atomic mass is 35.5. The molecule has 0 saturated heterocycles. The van der Waals surface area contributed by atoms with E-state index < -0.39 is 59.0 Å². The highest BCUT2D eigenvalue weighted by molar-refractivity contribution is 6.35. The number of phenolic OH excluding ortho intramolecular Hbond substituents is 2. The Morgan fingerprint density at radius 2 is 1.60 bits per heavy atom. The number of carbonyl (C=O) groups excluding carboxylic acids is 4. The van der Waals surface area contributed by atoms with Gasteiger partial charge in [-0.3, -0.25) is 19.2 Å². The van der Waals surface area contributed by atoms with Crippen LogP contribution in [0.4, 0.5) is 0 Å². The van der Waals surface area contributed by atoms with E-state index in [4.69, 9.17) is 36.3 Å². The van der Waals surface area contributed by atoms with Gasteiger partial charge in [-0.25, -0.2) is 0 Å². The maximum Gasteiger partial charge on any atom is 0.244 e. The van der Waals surface area contributed by atoms with Crippen molar-refractivity contribution < 1.29 is 53.4 Å². The first-order valence-corrected chi connectivity index (χ1v) is 15.1. The number of phenols is 2. The van der Waals surface area contributed by atoms with E-state index >= 15 is 0 Å². The summed E-state index contributed by atoms with van der Waals surface area (Å²) in [5.41, 5.74) is 3.63. The van der Waals surface area contributed by atoms with Crippen LogP contribution in [0.15, 0.2) is 59.9 Å². The number of nitrogens with one attached hydrogen (secondary N) is 1. The number of carbonyl (C=O) groups is 4. The number of aromatic hydroxyl groups is 2. The molecule has 0 saturated carbocycles. The second kappa shape index (κ2) is 13.0. The number of amides is 2. The lowest BCUT2D eigenvalue weighted by Gasteiger charge is -2.38. The Hall–Kier alpha value is -5.43. The molecule has 3 aromatic rings. The molecule has 13 nitrogen and oxygen atoms in total. The second-order valence-electron chi connectivity index (χ2n) is 11.4. The normalized spacial score (nSPS) is 19.7. The Labute approximate surface area is 279 Å². The minimum absolute atomic E-state index is 0.00709. The van der Waals surface area contributed by atoms with Gasteiger partial charge in [0.15, 0.2) is 28.8 Å². The van der Waals surface area contributed by atoms with Gasteiger partial charge >= 0.3 is 0 Å². The third-order valence-corrected chi connectivity index (χ3v) is 9.03. The second-order valence-corrected chi connectivity index (χ2v) is 11.8. The molecule has 0 radical (unpaired) electrons. The van der Waals surface area contributed by atoms with Crippen LogP contribution in [0.1, 0.15) is 53.2 Å². The molecule has 3 aromatic carbocycles. The number of methoxy groups -OCH3 is 3. The maximum atomic E-state index is 14.3. The molecule has 14 heteroatoms. The van der Waals surface area contributed by atoms with Crippen molar-refractivity contribution in [1.82, 2.24) is 5.32 Å². The van der Waals surface area contributed by atoms with E-state index in [-0.39, 0.29) is 68.2 Å². The van der Waals surface area contributed by atoms with Crippen molar-refractivity contribution in [1.29, 1.82) is 0 Å². The molecule has 252 valence electrons. The molecule has 1 aliphatic carbocycles. The van der Waals surface area contributed by atoms with Gasteiger partial charge < -0.3 is 45.3 Å². The number of aliphatic hydroxyl groups excluding tert-OH is 1. The first kappa shape index (κ1) is 33.9. The Bertz CT molecular complexity index is 1860. The summed E-state index contributed by atoms with van der Waals surface area (Å²) in [4.78, 5) is 54.2. The van der Waals surface area contributed by atoms with Crippen LogP contribution in [0, 0.1) is 5.92 Å². The Balaban J connectivity index is 1.65. The fourth-order valence-corrected chi connectivity index (χ4v) is 6.49. The van der Waals surface area contributed by atoms with Crippen molar-refractivity contribution in [2.24, 2.45) is 11.7 Å². The average molecular weight is 681 g/mol. The molecular weight excluding hydrogens is 648 g/mol. The molecular formula is C34H33ClN2O11. The summed E-state index contributed by atoms with van der Waals surface area (Å²) in [6.07, 6.45) is -0.814. The number of hydrogen-bond donors (Lipinski definition) is 5. The lowest BCUT2D eigenvalue weighted by atomic mass is 9.69. The fourth-order valence-electron chi connectivity index (χ4n) is 6.23. The van der Waals surface area contributed by atoms with Gasteiger partial charge in [-0.2, -0.15) is 0 Å². The lowest BCUT2D eigenvalue weighted by Crippen LogP contribution is -2.53. The third-order valence-electron chi connectivity index (χ3n) is 8.67. The van der Waals surface area contributed by atoms with Crippen LogP contribution in [0.2, 0.25) is 5.02 Å². The monoisotopic (exact) mass is 680 g/mol. The summed E-state index contributed by atoms with van der Waals surface area (Å²) in [5.74, 6) is -6.05. The molecule has 4 unspecified atom stereocenters. The number of hydrogen-bond acceptors (Lipinski definition) is 11. The molecule has 2 amide bonds. The van der Waals surface area contributed by atoms with Crippen molar-refractivity contribution >= 4 is 35.0 Å². The fraction of sp³-hybridized carbons (Fsp3) is 0.294. The molecule has 0 aromatic heterocycles. The molecule has 6 N–H and O–H groups in total. The maximum absolute atomic E-state index is 14.3. The van der Waals surface area contributed by atoms with Gasteiger partial charge in [-0.1, -0.05) is 36.7 Å². The highest BCUT2D eigenvalue weighted by Crippen LogP contribution is 2.56. The molecule has 4 atom stereocenters. The standard InChI is InChI=1S/C34H33ClN2O11/c1-15-11-21(40)26(31(42)34(15)32(43)27-23(46-3)14-24(47-4)28(35)30(27)48-34)19(17-7-10-20(39)22(12-17)45-2)13-25(41)37-29(33(36)44)16-5-8-18(38)9-6-16/h5-10,12,14-15,19,29,38-39,42H,11,13H2,1-4H3,(H2,36,44)(H,37,41). The van der Waals surface area contributed by atoms with Crippen LogP contribution < -0.4 is 30.0 Å². The minimum Gasteiger partial charge on any atom is -0.508 e. The summed E-state index contributed by atoms with van der Waals surface area (Å²) < 4.78 is 22.3. The van der Waals surface area contributed by atoms with Gasteiger partial charge in [0.05, 0.1) is 21.3 Å². The Morgan fingerprint density at radius 3 is 2.21 bits per heavy atom. The SMILES string of the molecule is COc1cc(C(CC(=O)NC(C(N)=O)c2ccc(O)cc2)C2=C(O)C3(Oc4c(Cl)c(OC)cc(OC)c4C3=O)C(C)CC2=O)ccc1O. The predicted molar refractivity (Wildman–Crippen MR) is 171 cm³/mol. The number of fused-ring (bicyclic) bond motifs is 1. The van der Waals surface area contributed by atoms with Crippen molar-refractivity contribution in [3.05, 3.63) is 81.6 Å². The number of Topliss-reactive ketones (excluding diaryl/α,β-unsaturated/α-hetero) is 2. The smallest absolute Gasteiger partial charge is 0.244 e. The number of ketones is 2. The number of ether oxygens (including phenoxy) is 4. The number of halogens is 1.